The number of nitrogens with one attached hydrogen (secondary N) is 1. The summed E-state index contributed by atoms with van der Waals surface area (Å²) in [7, 11) is 1.45. The fourth-order valence-corrected chi connectivity index (χ4v) is 3.20. The lowest BCUT2D eigenvalue weighted by molar-refractivity contribution is -0.130. The molecule has 3 rings (SSSR count). The summed E-state index contributed by atoms with van der Waals surface area (Å²) in [4.78, 5) is 27.5. The molecule has 0 spiro atoms. The number of nitrogens with zero attached hydrogens (tertiary/aromatic N) is 3. The van der Waals surface area contributed by atoms with Crippen LogP contribution in [0, 0.1) is 0 Å². The molecule has 0 unspecified atom stereocenters. The van der Waals surface area contributed by atoms with Gasteiger partial charge in [0.15, 0.2) is 0 Å². The summed E-state index contributed by atoms with van der Waals surface area (Å²) in [5.41, 5.74) is 6.37. The number of imidazole rings is 1. The topological polar surface area (TPSA) is 132 Å². The molecule has 0 aliphatic carbocycles. The minimum absolute atomic E-state index is 0.129. The molecule has 0 saturated carbocycles. The number of aliphatic hydroxyl groups excluding tert-OH is 1. The maximum Gasteiger partial charge on any atom is 0.293 e. The van der Waals surface area contributed by atoms with Gasteiger partial charge >= 0.3 is 0 Å². The highest BCUT2D eigenvalue weighted by molar-refractivity contribution is 5.83. The number of anilines is 2. The van der Waals surface area contributed by atoms with Crippen LogP contribution in [0.1, 0.15) is 0 Å². The first kappa shape index (κ1) is 22.3. The smallest absolute Gasteiger partial charge is 0.293 e. The van der Waals surface area contributed by atoms with Crippen molar-refractivity contribution < 1.29 is 33.0 Å². The van der Waals surface area contributed by atoms with Crippen molar-refractivity contribution in [2.75, 3.05) is 37.1 Å². The lowest BCUT2D eigenvalue weighted by Gasteiger charge is -2.26. The van der Waals surface area contributed by atoms with Crippen molar-refractivity contribution in [2.45, 2.75) is 25.1 Å². The molecule has 0 saturated heterocycles. The minimum atomic E-state index is -2.75. The Morgan fingerprint density at radius 3 is 2.94 bits per heavy atom. The highest BCUT2D eigenvalue weighted by Gasteiger charge is 2.29. The zero-order chi connectivity index (χ0) is 22.5. The van der Waals surface area contributed by atoms with Crippen LogP contribution < -0.4 is 20.7 Å². The Kier molecular flexibility index (Phi) is 6.90. The summed E-state index contributed by atoms with van der Waals surface area (Å²) in [6, 6.07) is 2.72. The van der Waals surface area contributed by atoms with E-state index in [2.05, 4.69) is 15.0 Å². The molecule has 10 nitrogen and oxygen atoms in total. The number of hydrogen-bond acceptors (Lipinski definition) is 8. The summed E-state index contributed by atoms with van der Waals surface area (Å²) in [6.07, 6.45) is -1.12. The van der Waals surface area contributed by atoms with Crippen LogP contribution in [0.5, 0.6) is 5.75 Å². The number of carbonyl (C=O) groups is 2. The molecule has 1 amide bonds. The molecule has 12 heteroatoms. The van der Waals surface area contributed by atoms with Crippen molar-refractivity contribution in [3.8, 4) is 17.1 Å². The standard InChI is InChI=1S/C19H23F2N5O5/c1-25(14(17(20)21)9-30-10-28)16-7-26-4-5-31-15-6-11(23-13(8-27)18(22)29)2-3-12(15)19(26)24-16/h2-3,6-7,10,13-14,17,23,27H,4-5,8-9H2,1H3,(H2,22,29)/t13-,14-/m0/s1. The zero-order valence-corrected chi connectivity index (χ0v) is 16.7. The Balaban J connectivity index is 1.90. The van der Waals surface area contributed by atoms with Gasteiger partial charge in [-0.3, -0.25) is 9.59 Å². The van der Waals surface area contributed by atoms with Crippen LogP contribution in [-0.2, 0) is 20.9 Å². The Morgan fingerprint density at radius 1 is 1.52 bits per heavy atom. The molecule has 2 heterocycles. The first-order chi connectivity index (χ1) is 14.8. The SMILES string of the molecule is CN(c1cn2c(n1)-c1ccc(N[C@@H](CO)C(N)=O)cc1OCC2)[C@@H](COC=O)C(F)F. The summed E-state index contributed by atoms with van der Waals surface area (Å²) in [5.74, 6) is 0.575. The van der Waals surface area contributed by atoms with Gasteiger partial charge in [-0.2, -0.15) is 0 Å². The molecule has 1 aliphatic rings. The summed E-state index contributed by atoms with van der Waals surface area (Å²) >= 11 is 0. The van der Waals surface area contributed by atoms with E-state index in [4.69, 9.17) is 10.5 Å². The van der Waals surface area contributed by atoms with Gasteiger partial charge in [-0.05, 0) is 12.1 Å². The second-order valence-corrected chi connectivity index (χ2v) is 6.90. The third-order valence-electron chi connectivity index (χ3n) is 4.93. The van der Waals surface area contributed by atoms with Crippen molar-refractivity contribution in [1.29, 1.82) is 0 Å². The number of alkyl halides is 2. The summed E-state index contributed by atoms with van der Waals surface area (Å²) in [6.45, 7) is -0.0789. The average Bonchev–Trinajstić information content (AvgIpc) is 3.08. The number of benzene rings is 1. The molecule has 1 aromatic heterocycles. The molecular weight excluding hydrogens is 416 g/mol. The van der Waals surface area contributed by atoms with Crippen LogP contribution in [-0.4, -0.2) is 72.4 Å². The quantitative estimate of drug-likeness (QED) is 0.455. The first-order valence-electron chi connectivity index (χ1n) is 9.43. The van der Waals surface area contributed by atoms with Crippen molar-refractivity contribution in [3.05, 3.63) is 24.4 Å². The molecule has 2 aromatic rings. The number of nitrogens with two attached hydrogens (primary N) is 1. The van der Waals surface area contributed by atoms with E-state index in [1.807, 2.05) is 0 Å². The number of hydrogen-bond donors (Lipinski definition) is 3. The van der Waals surface area contributed by atoms with Crippen molar-refractivity contribution in [3.63, 3.8) is 0 Å². The van der Waals surface area contributed by atoms with Crippen LogP contribution in [0.15, 0.2) is 24.4 Å². The van der Waals surface area contributed by atoms with E-state index >= 15 is 0 Å². The zero-order valence-electron chi connectivity index (χ0n) is 16.7. The van der Waals surface area contributed by atoms with Gasteiger partial charge in [0, 0.05) is 25.0 Å². The molecule has 1 aromatic carbocycles. The number of fused-ring (bicyclic) bond motifs is 3. The number of aromatic nitrogens is 2. The van der Waals surface area contributed by atoms with E-state index in [0.717, 1.165) is 0 Å². The third-order valence-corrected chi connectivity index (χ3v) is 4.93. The molecule has 2 atom stereocenters. The number of rotatable bonds is 10. The average molecular weight is 439 g/mol. The number of carbonyl (C=O) groups excluding carboxylic acids is 2. The molecular formula is C19H23F2N5O5. The molecule has 31 heavy (non-hydrogen) atoms. The van der Waals surface area contributed by atoms with Crippen LogP contribution in [0.25, 0.3) is 11.4 Å². The van der Waals surface area contributed by atoms with Crippen molar-refractivity contribution in [2.24, 2.45) is 5.73 Å². The fourth-order valence-electron chi connectivity index (χ4n) is 3.20. The van der Waals surface area contributed by atoms with Gasteiger partial charge in [-0.1, -0.05) is 0 Å². The molecule has 0 radical (unpaired) electrons. The molecule has 168 valence electrons. The van der Waals surface area contributed by atoms with Crippen LogP contribution >= 0.6 is 0 Å². The Morgan fingerprint density at radius 2 is 2.29 bits per heavy atom. The second-order valence-electron chi connectivity index (χ2n) is 6.90. The Hall–Kier alpha value is -3.41. The molecule has 1 aliphatic heterocycles. The van der Waals surface area contributed by atoms with Gasteiger partial charge in [0.1, 0.15) is 42.7 Å². The third kappa shape index (κ3) is 4.85. The monoisotopic (exact) mass is 439 g/mol. The highest BCUT2D eigenvalue weighted by Crippen LogP contribution is 2.36. The molecule has 0 bridgehead atoms. The Bertz CT molecular complexity index is 938. The van der Waals surface area contributed by atoms with E-state index in [1.54, 1.807) is 29.0 Å². The Labute approximate surface area is 176 Å². The molecule has 4 N–H and O–H groups in total. The van der Waals surface area contributed by atoms with Crippen LogP contribution in [0.3, 0.4) is 0 Å². The lowest BCUT2D eigenvalue weighted by Crippen LogP contribution is -2.41. The van der Waals surface area contributed by atoms with Gasteiger partial charge in [-0.15, -0.1) is 0 Å². The van der Waals surface area contributed by atoms with Gasteiger partial charge in [0.25, 0.3) is 12.9 Å². The molecule has 0 fully saturated rings. The normalized spacial score (nSPS) is 14.5. The number of primary amides is 1. The predicted molar refractivity (Wildman–Crippen MR) is 107 cm³/mol. The van der Waals surface area contributed by atoms with Gasteiger partial charge in [0.05, 0.1) is 18.7 Å². The van der Waals surface area contributed by atoms with Crippen LogP contribution in [0.2, 0.25) is 0 Å². The summed E-state index contributed by atoms with van der Waals surface area (Å²) < 4.78 is 39.0. The summed E-state index contributed by atoms with van der Waals surface area (Å²) in [5, 5.41) is 12.1. The largest absolute Gasteiger partial charge is 0.491 e. The maximum atomic E-state index is 13.4. The number of aliphatic hydroxyl groups is 1. The van der Waals surface area contributed by atoms with E-state index in [-0.39, 0.29) is 6.47 Å². The highest BCUT2D eigenvalue weighted by atomic mass is 19.3. The number of ether oxygens (including phenoxy) is 2. The van der Waals surface area contributed by atoms with Gasteiger partial charge in [-0.25, -0.2) is 13.8 Å². The number of halogens is 2. The lowest BCUT2D eigenvalue weighted by atomic mass is 10.1. The van der Waals surface area contributed by atoms with Gasteiger partial charge in [0.2, 0.25) is 5.91 Å². The van der Waals surface area contributed by atoms with E-state index in [1.165, 1.54) is 11.9 Å². The van der Waals surface area contributed by atoms with E-state index in [9.17, 15) is 23.5 Å². The van der Waals surface area contributed by atoms with Crippen LogP contribution in [0.4, 0.5) is 20.3 Å². The number of amides is 1. The van der Waals surface area contributed by atoms with E-state index < -0.39 is 37.6 Å². The first-order valence-corrected chi connectivity index (χ1v) is 9.43. The fraction of sp³-hybridized carbons (Fsp3) is 0.421. The minimum Gasteiger partial charge on any atom is -0.491 e. The number of likely N-dealkylation sites (N-methyl/N-ethyl adjacent to an activating group) is 1. The van der Waals surface area contributed by atoms with Gasteiger partial charge < -0.3 is 35.1 Å². The maximum absolute atomic E-state index is 13.4. The van der Waals surface area contributed by atoms with Crippen molar-refractivity contribution in [1.82, 2.24) is 9.55 Å². The predicted octanol–water partition coefficient (Wildman–Crippen LogP) is 0.443. The second kappa shape index (κ2) is 9.60. The van der Waals surface area contributed by atoms with E-state index in [0.29, 0.717) is 41.8 Å². The van der Waals surface area contributed by atoms with Crippen molar-refractivity contribution >= 4 is 23.9 Å².